The van der Waals surface area contributed by atoms with Gasteiger partial charge in [0, 0.05) is 11.1 Å². The van der Waals surface area contributed by atoms with E-state index in [1.54, 1.807) is 32.9 Å². The van der Waals surface area contributed by atoms with Crippen LogP contribution in [0.15, 0.2) is 47.4 Å². The fourth-order valence-electron chi connectivity index (χ4n) is 2.21. The fraction of sp³-hybridized carbons (Fsp3) is 0.278. The first-order chi connectivity index (χ1) is 11.5. The molecule has 0 spiro atoms. The van der Waals surface area contributed by atoms with Crippen LogP contribution in [0.25, 0.3) is 0 Å². The molecule has 7 heteroatoms. The monoisotopic (exact) mass is 362 g/mol. The summed E-state index contributed by atoms with van der Waals surface area (Å²) < 4.78 is 27.3. The first-order valence-corrected chi connectivity index (χ1v) is 9.21. The van der Waals surface area contributed by atoms with Crippen molar-refractivity contribution < 1.29 is 18.3 Å². The van der Waals surface area contributed by atoms with Crippen LogP contribution in [0, 0.1) is 6.92 Å². The lowest BCUT2D eigenvalue weighted by Gasteiger charge is -2.20. The number of hydrogen-bond donors (Lipinski definition) is 3. The van der Waals surface area contributed by atoms with Crippen molar-refractivity contribution in [1.82, 2.24) is 4.72 Å². The molecule has 1 amide bonds. The number of nitrogens with one attached hydrogen (secondary N) is 2. The van der Waals surface area contributed by atoms with Gasteiger partial charge < -0.3 is 10.4 Å². The highest BCUT2D eigenvalue weighted by Gasteiger charge is 2.23. The molecule has 0 aliphatic rings. The van der Waals surface area contributed by atoms with E-state index in [-0.39, 0.29) is 21.9 Å². The largest absolute Gasteiger partial charge is 0.506 e. The van der Waals surface area contributed by atoms with E-state index in [9.17, 15) is 18.3 Å². The number of carbonyl (C=O) groups is 1. The van der Waals surface area contributed by atoms with E-state index < -0.39 is 21.5 Å². The Hall–Kier alpha value is -2.38. The van der Waals surface area contributed by atoms with Gasteiger partial charge in [0.15, 0.2) is 0 Å². The van der Waals surface area contributed by atoms with Crippen molar-refractivity contribution in [3.05, 3.63) is 53.6 Å². The molecular weight excluding hydrogens is 340 g/mol. The minimum absolute atomic E-state index is 0.00297. The van der Waals surface area contributed by atoms with Gasteiger partial charge in [0.05, 0.1) is 10.6 Å². The van der Waals surface area contributed by atoms with Crippen LogP contribution >= 0.6 is 0 Å². The van der Waals surface area contributed by atoms with E-state index >= 15 is 0 Å². The topological polar surface area (TPSA) is 95.5 Å². The molecule has 25 heavy (non-hydrogen) atoms. The maximum Gasteiger partial charge on any atom is 0.255 e. The van der Waals surface area contributed by atoms with Crippen molar-refractivity contribution in [2.75, 3.05) is 5.32 Å². The Labute approximate surface area is 147 Å². The molecule has 2 aromatic rings. The standard InChI is InChI=1S/C18H22N2O4S/c1-12-8-9-15(16(21)10-12)19-17(22)13-6-5-7-14(11-13)25(23,24)20-18(2,3)4/h5-11,20-21H,1-4H3,(H,19,22). The Morgan fingerprint density at radius 3 is 2.36 bits per heavy atom. The van der Waals surface area contributed by atoms with Crippen molar-refractivity contribution in [2.24, 2.45) is 0 Å². The average molecular weight is 362 g/mol. The van der Waals surface area contributed by atoms with Gasteiger partial charge in [0.2, 0.25) is 10.0 Å². The highest BCUT2D eigenvalue weighted by atomic mass is 32.2. The Bertz CT molecular complexity index is 900. The van der Waals surface area contributed by atoms with Crippen LogP contribution in [0.2, 0.25) is 0 Å². The Balaban J connectivity index is 2.27. The van der Waals surface area contributed by atoms with Crippen LogP contribution in [-0.2, 0) is 10.0 Å². The third-order valence-corrected chi connectivity index (χ3v) is 5.00. The van der Waals surface area contributed by atoms with Gasteiger partial charge in [-0.3, -0.25) is 4.79 Å². The number of sulfonamides is 1. The second kappa shape index (κ2) is 6.85. The summed E-state index contributed by atoms with van der Waals surface area (Å²) in [5.41, 5.74) is 0.662. The Kier molecular flexibility index (Phi) is 5.20. The van der Waals surface area contributed by atoms with Crippen molar-refractivity contribution >= 4 is 21.6 Å². The second-order valence-corrected chi connectivity index (χ2v) is 8.54. The number of aromatic hydroxyl groups is 1. The van der Waals surface area contributed by atoms with Crippen molar-refractivity contribution in [1.29, 1.82) is 0 Å². The van der Waals surface area contributed by atoms with Gasteiger partial charge >= 0.3 is 0 Å². The molecule has 6 nitrogen and oxygen atoms in total. The van der Waals surface area contributed by atoms with E-state index in [2.05, 4.69) is 10.0 Å². The molecule has 3 N–H and O–H groups in total. The molecule has 2 aromatic carbocycles. The lowest BCUT2D eigenvalue weighted by Crippen LogP contribution is -2.40. The zero-order chi connectivity index (χ0) is 18.8. The summed E-state index contributed by atoms with van der Waals surface area (Å²) in [6, 6.07) is 10.6. The highest BCUT2D eigenvalue weighted by Crippen LogP contribution is 2.24. The number of phenolic OH excluding ortho intramolecular Hbond substituents is 1. The molecule has 2 rings (SSSR count). The fourth-order valence-corrected chi connectivity index (χ4v) is 3.67. The predicted molar refractivity (Wildman–Crippen MR) is 97.3 cm³/mol. The third kappa shape index (κ3) is 5.04. The molecule has 0 aromatic heterocycles. The molecule has 0 aliphatic carbocycles. The van der Waals surface area contributed by atoms with E-state index in [1.165, 1.54) is 30.3 Å². The van der Waals surface area contributed by atoms with Crippen LogP contribution in [-0.4, -0.2) is 25.0 Å². The number of benzene rings is 2. The maximum atomic E-state index is 12.4. The number of amides is 1. The smallest absolute Gasteiger partial charge is 0.255 e. The first kappa shape index (κ1) is 19.0. The summed E-state index contributed by atoms with van der Waals surface area (Å²) in [6.07, 6.45) is 0. The van der Waals surface area contributed by atoms with Gasteiger partial charge in [-0.1, -0.05) is 12.1 Å². The second-order valence-electron chi connectivity index (χ2n) is 6.86. The van der Waals surface area contributed by atoms with E-state index in [1.807, 2.05) is 6.92 Å². The van der Waals surface area contributed by atoms with Crippen LogP contribution in [0.1, 0.15) is 36.7 Å². The molecule has 0 atom stereocenters. The summed E-state index contributed by atoms with van der Waals surface area (Å²) in [4.78, 5) is 12.4. The lowest BCUT2D eigenvalue weighted by atomic mass is 10.1. The predicted octanol–water partition coefficient (Wildman–Crippen LogP) is 3.03. The van der Waals surface area contributed by atoms with Gasteiger partial charge in [-0.25, -0.2) is 13.1 Å². The van der Waals surface area contributed by atoms with Crippen molar-refractivity contribution in [3.8, 4) is 5.75 Å². The number of aryl methyl sites for hydroxylation is 1. The van der Waals surface area contributed by atoms with Crippen LogP contribution < -0.4 is 10.0 Å². The number of phenols is 1. The molecule has 0 radical (unpaired) electrons. The first-order valence-electron chi connectivity index (χ1n) is 7.73. The number of anilines is 1. The maximum absolute atomic E-state index is 12.4. The van der Waals surface area contributed by atoms with Crippen LogP contribution in [0.4, 0.5) is 5.69 Å². The molecule has 0 heterocycles. The van der Waals surface area contributed by atoms with Crippen molar-refractivity contribution in [2.45, 2.75) is 38.1 Å². The summed E-state index contributed by atoms with van der Waals surface area (Å²) in [6.45, 7) is 7.03. The van der Waals surface area contributed by atoms with Gasteiger partial charge in [-0.05, 0) is 63.6 Å². The van der Waals surface area contributed by atoms with E-state index in [0.717, 1.165) is 5.56 Å². The van der Waals surface area contributed by atoms with Crippen LogP contribution in [0.5, 0.6) is 5.75 Å². The third-order valence-electron chi connectivity index (χ3n) is 3.25. The SMILES string of the molecule is Cc1ccc(NC(=O)c2cccc(S(=O)(=O)NC(C)(C)C)c2)c(O)c1. The molecule has 134 valence electrons. The summed E-state index contributed by atoms with van der Waals surface area (Å²) in [5.74, 6) is -0.557. The lowest BCUT2D eigenvalue weighted by molar-refractivity contribution is 0.102. The molecule has 0 bridgehead atoms. The van der Waals surface area contributed by atoms with Crippen molar-refractivity contribution in [3.63, 3.8) is 0 Å². The molecule has 0 unspecified atom stereocenters. The molecule has 0 fully saturated rings. The Morgan fingerprint density at radius 2 is 1.76 bits per heavy atom. The molecule has 0 saturated heterocycles. The van der Waals surface area contributed by atoms with Gasteiger partial charge in [0.25, 0.3) is 5.91 Å². The quantitative estimate of drug-likeness (QED) is 0.729. The summed E-state index contributed by atoms with van der Waals surface area (Å²) in [5, 5.41) is 12.5. The number of hydrogen-bond acceptors (Lipinski definition) is 4. The van der Waals surface area contributed by atoms with E-state index in [4.69, 9.17) is 0 Å². The zero-order valence-electron chi connectivity index (χ0n) is 14.6. The summed E-state index contributed by atoms with van der Waals surface area (Å²) >= 11 is 0. The average Bonchev–Trinajstić information content (AvgIpc) is 2.48. The summed E-state index contributed by atoms with van der Waals surface area (Å²) in [7, 11) is -3.74. The molecule has 0 aliphatic heterocycles. The Morgan fingerprint density at radius 1 is 1.08 bits per heavy atom. The normalized spacial score (nSPS) is 12.0. The number of rotatable bonds is 4. The minimum atomic E-state index is -3.74. The van der Waals surface area contributed by atoms with Gasteiger partial charge in [-0.2, -0.15) is 0 Å². The zero-order valence-corrected chi connectivity index (χ0v) is 15.4. The van der Waals surface area contributed by atoms with E-state index in [0.29, 0.717) is 0 Å². The van der Waals surface area contributed by atoms with Crippen LogP contribution in [0.3, 0.4) is 0 Å². The van der Waals surface area contributed by atoms with Gasteiger partial charge in [-0.15, -0.1) is 0 Å². The molecule has 0 saturated carbocycles. The number of carbonyl (C=O) groups excluding carboxylic acids is 1. The van der Waals surface area contributed by atoms with Gasteiger partial charge in [0.1, 0.15) is 5.75 Å². The highest BCUT2D eigenvalue weighted by molar-refractivity contribution is 7.89. The minimum Gasteiger partial charge on any atom is -0.506 e. The molecular formula is C18H22N2O4S.